The van der Waals surface area contributed by atoms with Gasteiger partial charge in [-0.15, -0.1) is 11.8 Å². The highest BCUT2D eigenvalue weighted by Crippen LogP contribution is 2.25. The molecule has 110 valence electrons. The van der Waals surface area contributed by atoms with Crippen LogP contribution in [0.1, 0.15) is 15.9 Å². The van der Waals surface area contributed by atoms with Gasteiger partial charge in [0.2, 0.25) is 0 Å². The van der Waals surface area contributed by atoms with Crippen LogP contribution in [-0.2, 0) is 0 Å². The van der Waals surface area contributed by atoms with Gasteiger partial charge in [0.05, 0.1) is 25.5 Å². The monoisotopic (exact) mass is 302 g/mol. The van der Waals surface area contributed by atoms with Crippen LogP contribution < -0.4 is 9.47 Å². The average molecular weight is 302 g/mol. The maximum Gasteiger partial charge on any atom is 0.176 e. The fraction of sp³-hybridized carbons (Fsp3) is 0.235. The van der Waals surface area contributed by atoms with Crippen molar-refractivity contribution < 1.29 is 14.3 Å². The molecular formula is C17H18O3S. The Hall–Kier alpha value is -1.94. The van der Waals surface area contributed by atoms with E-state index in [9.17, 15) is 4.79 Å². The van der Waals surface area contributed by atoms with E-state index in [2.05, 4.69) is 0 Å². The Labute approximate surface area is 129 Å². The minimum Gasteiger partial charge on any atom is -0.497 e. The van der Waals surface area contributed by atoms with Gasteiger partial charge in [0.15, 0.2) is 5.78 Å². The zero-order valence-electron chi connectivity index (χ0n) is 12.4. The molecule has 0 aliphatic heterocycles. The third-order valence-corrected chi connectivity index (χ3v) is 4.10. The number of methoxy groups -OCH3 is 2. The summed E-state index contributed by atoms with van der Waals surface area (Å²) in [5.74, 6) is 1.89. The van der Waals surface area contributed by atoms with Crippen molar-refractivity contribution in [2.45, 2.75) is 11.8 Å². The fourth-order valence-electron chi connectivity index (χ4n) is 1.93. The highest BCUT2D eigenvalue weighted by Gasteiger charge is 2.12. The van der Waals surface area contributed by atoms with E-state index in [1.807, 2.05) is 49.4 Å². The summed E-state index contributed by atoms with van der Waals surface area (Å²) in [5.41, 5.74) is 1.70. The molecule has 21 heavy (non-hydrogen) atoms. The highest BCUT2D eigenvalue weighted by atomic mass is 32.2. The maximum absolute atomic E-state index is 12.3. The van der Waals surface area contributed by atoms with Crippen LogP contribution in [0.5, 0.6) is 11.5 Å². The number of hydrogen-bond acceptors (Lipinski definition) is 4. The summed E-state index contributed by atoms with van der Waals surface area (Å²) in [5, 5.41) is 0. The molecule has 0 saturated carbocycles. The SMILES string of the molecule is COc1ccc(SCC(=O)c2ccc(C)cc2OC)cc1. The molecule has 0 fully saturated rings. The van der Waals surface area contributed by atoms with E-state index >= 15 is 0 Å². The predicted octanol–water partition coefficient (Wildman–Crippen LogP) is 3.99. The standard InChI is InChI=1S/C17H18O3S/c1-12-4-9-15(17(10-12)20-3)16(18)11-21-14-7-5-13(19-2)6-8-14/h4-10H,11H2,1-3H3. The Bertz CT molecular complexity index is 620. The maximum atomic E-state index is 12.3. The van der Waals surface area contributed by atoms with E-state index < -0.39 is 0 Å². The number of ketones is 1. The van der Waals surface area contributed by atoms with Crippen LogP contribution in [0.2, 0.25) is 0 Å². The molecule has 0 N–H and O–H groups in total. The molecule has 0 atom stereocenters. The molecule has 0 saturated heterocycles. The zero-order chi connectivity index (χ0) is 15.2. The topological polar surface area (TPSA) is 35.5 Å². The molecule has 3 nitrogen and oxygen atoms in total. The van der Waals surface area contributed by atoms with Crippen LogP contribution >= 0.6 is 11.8 Å². The van der Waals surface area contributed by atoms with Crippen molar-refractivity contribution in [2.75, 3.05) is 20.0 Å². The summed E-state index contributed by atoms with van der Waals surface area (Å²) in [4.78, 5) is 13.3. The third kappa shape index (κ3) is 4.02. The van der Waals surface area contributed by atoms with Crippen molar-refractivity contribution in [1.82, 2.24) is 0 Å². The third-order valence-electron chi connectivity index (χ3n) is 3.09. The molecule has 2 rings (SSSR count). The molecular weight excluding hydrogens is 284 g/mol. The van der Waals surface area contributed by atoms with E-state index in [0.717, 1.165) is 16.2 Å². The number of carbonyl (C=O) groups is 1. The minimum atomic E-state index is 0.0627. The summed E-state index contributed by atoms with van der Waals surface area (Å²) < 4.78 is 10.4. The molecule has 0 aliphatic rings. The van der Waals surface area contributed by atoms with Gasteiger partial charge < -0.3 is 9.47 Å². The highest BCUT2D eigenvalue weighted by molar-refractivity contribution is 8.00. The van der Waals surface area contributed by atoms with Crippen LogP contribution in [0.4, 0.5) is 0 Å². The molecule has 2 aromatic rings. The second kappa shape index (κ2) is 7.18. The first kappa shape index (κ1) is 15.4. The first-order chi connectivity index (χ1) is 10.1. The van der Waals surface area contributed by atoms with Crippen molar-refractivity contribution in [2.24, 2.45) is 0 Å². The molecule has 0 unspecified atom stereocenters. The Morgan fingerprint density at radius 1 is 1.05 bits per heavy atom. The summed E-state index contributed by atoms with van der Waals surface area (Å²) in [6, 6.07) is 13.3. The number of benzene rings is 2. The number of carbonyl (C=O) groups excluding carboxylic acids is 1. The van der Waals surface area contributed by atoms with Crippen LogP contribution in [-0.4, -0.2) is 25.8 Å². The molecule has 0 aliphatic carbocycles. The Balaban J connectivity index is 2.04. The number of ether oxygens (including phenoxy) is 2. The predicted molar refractivity (Wildman–Crippen MR) is 85.8 cm³/mol. The average Bonchev–Trinajstić information content (AvgIpc) is 2.52. The normalized spacial score (nSPS) is 10.2. The van der Waals surface area contributed by atoms with Gasteiger partial charge in [-0.1, -0.05) is 6.07 Å². The Kier molecular flexibility index (Phi) is 5.28. The molecule has 0 aromatic heterocycles. The first-order valence-corrected chi connectivity index (χ1v) is 7.57. The van der Waals surface area contributed by atoms with Gasteiger partial charge in [0, 0.05) is 4.90 Å². The molecule has 0 bridgehead atoms. The van der Waals surface area contributed by atoms with Crippen molar-refractivity contribution >= 4 is 17.5 Å². The van der Waals surface area contributed by atoms with Gasteiger partial charge >= 0.3 is 0 Å². The summed E-state index contributed by atoms with van der Waals surface area (Å²) in [7, 11) is 3.22. The zero-order valence-corrected chi connectivity index (χ0v) is 13.2. The lowest BCUT2D eigenvalue weighted by Crippen LogP contribution is -2.05. The van der Waals surface area contributed by atoms with Crippen molar-refractivity contribution in [3.05, 3.63) is 53.6 Å². The van der Waals surface area contributed by atoms with Gasteiger partial charge in [0.1, 0.15) is 11.5 Å². The van der Waals surface area contributed by atoms with E-state index in [1.165, 1.54) is 11.8 Å². The largest absolute Gasteiger partial charge is 0.497 e. The summed E-state index contributed by atoms with van der Waals surface area (Å²) in [6.45, 7) is 1.98. The lowest BCUT2D eigenvalue weighted by molar-refractivity contribution is 0.101. The summed E-state index contributed by atoms with van der Waals surface area (Å²) in [6.07, 6.45) is 0. The van der Waals surface area contributed by atoms with Crippen LogP contribution in [0.15, 0.2) is 47.4 Å². The smallest absolute Gasteiger partial charge is 0.176 e. The molecule has 0 radical (unpaired) electrons. The van der Waals surface area contributed by atoms with Gasteiger partial charge in [-0.3, -0.25) is 4.79 Å². The Morgan fingerprint density at radius 3 is 2.38 bits per heavy atom. The van der Waals surface area contributed by atoms with Crippen molar-refractivity contribution in [3.63, 3.8) is 0 Å². The van der Waals surface area contributed by atoms with Gasteiger partial charge in [-0.25, -0.2) is 0 Å². The molecule has 0 spiro atoms. The van der Waals surface area contributed by atoms with E-state index in [1.54, 1.807) is 14.2 Å². The van der Waals surface area contributed by atoms with Crippen LogP contribution in [0.3, 0.4) is 0 Å². The fourth-order valence-corrected chi connectivity index (χ4v) is 2.71. The van der Waals surface area contributed by atoms with E-state index in [0.29, 0.717) is 17.1 Å². The molecule has 2 aromatic carbocycles. The Morgan fingerprint density at radius 2 is 1.76 bits per heavy atom. The molecule has 0 heterocycles. The van der Waals surface area contributed by atoms with Crippen LogP contribution in [0, 0.1) is 6.92 Å². The van der Waals surface area contributed by atoms with E-state index in [4.69, 9.17) is 9.47 Å². The molecule has 0 amide bonds. The second-order valence-electron chi connectivity index (χ2n) is 4.59. The van der Waals surface area contributed by atoms with Crippen molar-refractivity contribution in [1.29, 1.82) is 0 Å². The molecule has 4 heteroatoms. The second-order valence-corrected chi connectivity index (χ2v) is 5.64. The number of aryl methyl sites for hydroxylation is 1. The summed E-state index contributed by atoms with van der Waals surface area (Å²) >= 11 is 1.51. The first-order valence-electron chi connectivity index (χ1n) is 6.58. The number of Topliss-reactive ketones (excluding diaryl/α,β-unsaturated/α-hetero) is 1. The van der Waals surface area contributed by atoms with Gasteiger partial charge in [0.25, 0.3) is 0 Å². The number of thioether (sulfide) groups is 1. The van der Waals surface area contributed by atoms with Gasteiger partial charge in [-0.2, -0.15) is 0 Å². The minimum absolute atomic E-state index is 0.0627. The number of rotatable bonds is 6. The van der Waals surface area contributed by atoms with E-state index in [-0.39, 0.29) is 5.78 Å². The lowest BCUT2D eigenvalue weighted by atomic mass is 10.1. The van der Waals surface area contributed by atoms with Crippen LogP contribution in [0.25, 0.3) is 0 Å². The van der Waals surface area contributed by atoms with Gasteiger partial charge in [-0.05, 0) is 48.9 Å². The van der Waals surface area contributed by atoms with Crippen molar-refractivity contribution in [3.8, 4) is 11.5 Å². The lowest BCUT2D eigenvalue weighted by Gasteiger charge is -2.08. The quantitative estimate of drug-likeness (QED) is 0.597. The number of hydrogen-bond donors (Lipinski definition) is 0.